The summed E-state index contributed by atoms with van der Waals surface area (Å²) < 4.78 is 0. The van der Waals surface area contributed by atoms with Crippen molar-refractivity contribution in [2.24, 2.45) is 10.7 Å². The molecule has 106 valence electrons. The van der Waals surface area contributed by atoms with E-state index in [1.165, 1.54) is 5.56 Å². The first kappa shape index (κ1) is 14.5. The number of nitrogens with zero attached hydrogens (tertiary/aromatic N) is 3. The van der Waals surface area contributed by atoms with Gasteiger partial charge < -0.3 is 10.6 Å². The molecule has 0 aliphatic heterocycles. The zero-order valence-electron chi connectivity index (χ0n) is 11.9. The highest BCUT2D eigenvalue weighted by atomic mass is 32.1. The van der Waals surface area contributed by atoms with E-state index < -0.39 is 0 Å². The average Bonchev–Trinajstić information content (AvgIpc) is 2.91. The van der Waals surface area contributed by atoms with Gasteiger partial charge in [0.1, 0.15) is 0 Å². The summed E-state index contributed by atoms with van der Waals surface area (Å²) in [6, 6.07) is 10.5. The van der Waals surface area contributed by atoms with Crippen molar-refractivity contribution >= 4 is 17.3 Å². The van der Waals surface area contributed by atoms with Crippen molar-refractivity contribution in [2.45, 2.75) is 19.4 Å². The zero-order chi connectivity index (χ0) is 14.4. The SMILES string of the molecule is CN(C)C(N)=NCc1csc(CCc2ccccc2)n1. The van der Waals surface area contributed by atoms with Crippen LogP contribution in [0.15, 0.2) is 40.7 Å². The van der Waals surface area contributed by atoms with Gasteiger partial charge >= 0.3 is 0 Å². The minimum Gasteiger partial charge on any atom is -0.370 e. The molecule has 20 heavy (non-hydrogen) atoms. The Morgan fingerprint density at radius 2 is 2.00 bits per heavy atom. The number of guanidine groups is 1. The number of rotatable bonds is 5. The van der Waals surface area contributed by atoms with Gasteiger partial charge in [0.05, 0.1) is 17.2 Å². The van der Waals surface area contributed by atoms with Crippen molar-refractivity contribution in [3.63, 3.8) is 0 Å². The highest BCUT2D eigenvalue weighted by molar-refractivity contribution is 7.09. The van der Waals surface area contributed by atoms with Gasteiger partial charge in [-0.1, -0.05) is 30.3 Å². The van der Waals surface area contributed by atoms with E-state index in [1.54, 1.807) is 16.2 Å². The number of aromatic nitrogens is 1. The first-order valence-electron chi connectivity index (χ1n) is 6.59. The van der Waals surface area contributed by atoms with Gasteiger partial charge in [-0.2, -0.15) is 0 Å². The van der Waals surface area contributed by atoms with Crippen LogP contribution in [0.2, 0.25) is 0 Å². The van der Waals surface area contributed by atoms with Crippen LogP contribution in [0.25, 0.3) is 0 Å². The summed E-state index contributed by atoms with van der Waals surface area (Å²) in [5, 5.41) is 3.22. The quantitative estimate of drug-likeness (QED) is 0.678. The van der Waals surface area contributed by atoms with E-state index in [1.807, 2.05) is 20.2 Å². The van der Waals surface area contributed by atoms with Gasteiger partial charge in [-0.05, 0) is 12.0 Å². The molecule has 2 N–H and O–H groups in total. The van der Waals surface area contributed by atoms with E-state index >= 15 is 0 Å². The molecule has 0 aliphatic rings. The summed E-state index contributed by atoms with van der Waals surface area (Å²) >= 11 is 1.69. The average molecular weight is 288 g/mol. The van der Waals surface area contributed by atoms with Crippen LogP contribution in [0.3, 0.4) is 0 Å². The van der Waals surface area contributed by atoms with E-state index in [0.29, 0.717) is 12.5 Å². The predicted molar refractivity (Wildman–Crippen MR) is 85.0 cm³/mol. The van der Waals surface area contributed by atoms with Crippen LogP contribution >= 0.6 is 11.3 Å². The van der Waals surface area contributed by atoms with Gasteiger partial charge in [0, 0.05) is 25.9 Å². The molecular weight excluding hydrogens is 268 g/mol. The Morgan fingerprint density at radius 1 is 1.25 bits per heavy atom. The standard InChI is InChI=1S/C15H20N4S/c1-19(2)15(16)17-10-13-11-20-14(18-13)9-8-12-6-4-3-5-7-12/h3-7,11H,8-10H2,1-2H3,(H2,16,17). The van der Waals surface area contributed by atoms with E-state index in [4.69, 9.17) is 5.73 Å². The molecule has 4 nitrogen and oxygen atoms in total. The van der Waals surface area contributed by atoms with E-state index in [0.717, 1.165) is 23.5 Å². The van der Waals surface area contributed by atoms with Crippen molar-refractivity contribution in [2.75, 3.05) is 14.1 Å². The van der Waals surface area contributed by atoms with Crippen LogP contribution in [0.1, 0.15) is 16.3 Å². The minimum atomic E-state index is 0.531. The maximum Gasteiger partial charge on any atom is 0.191 e. The lowest BCUT2D eigenvalue weighted by atomic mass is 10.1. The van der Waals surface area contributed by atoms with Crippen LogP contribution < -0.4 is 5.73 Å². The number of aryl methyl sites for hydroxylation is 2. The number of nitrogens with two attached hydrogens (primary N) is 1. The highest BCUT2D eigenvalue weighted by Gasteiger charge is 2.03. The van der Waals surface area contributed by atoms with Crippen LogP contribution in [-0.4, -0.2) is 29.9 Å². The molecule has 0 saturated heterocycles. The monoisotopic (exact) mass is 288 g/mol. The predicted octanol–water partition coefficient (Wildman–Crippen LogP) is 2.30. The summed E-state index contributed by atoms with van der Waals surface area (Å²) in [7, 11) is 3.76. The lowest BCUT2D eigenvalue weighted by Gasteiger charge is -2.09. The fourth-order valence-electron chi connectivity index (χ4n) is 1.74. The topological polar surface area (TPSA) is 54.5 Å². The van der Waals surface area contributed by atoms with E-state index in [9.17, 15) is 0 Å². The summed E-state index contributed by atoms with van der Waals surface area (Å²) in [5.41, 5.74) is 8.09. The second-order valence-electron chi connectivity index (χ2n) is 4.79. The molecule has 0 spiro atoms. The van der Waals surface area contributed by atoms with Crippen molar-refractivity contribution in [1.82, 2.24) is 9.88 Å². The minimum absolute atomic E-state index is 0.531. The van der Waals surface area contributed by atoms with Crippen LogP contribution in [-0.2, 0) is 19.4 Å². The smallest absolute Gasteiger partial charge is 0.191 e. The molecule has 0 amide bonds. The maximum absolute atomic E-state index is 5.76. The van der Waals surface area contributed by atoms with Crippen LogP contribution in [0.5, 0.6) is 0 Å². The van der Waals surface area contributed by atoms with Crippen molar-refractivity contribution in [3.05, 3.63) is 52.0 Å². The number of aliphatic imine (C=N–C) groups is 1. The Kier molecular flexibility index (Phi) is 5.12. The molecule has 0 atom stereocenters. The Labute approximate surface area is 124 Å². The summed E-state index contributed by atoms with van der Waals surface area (Å²) in [6.07, 6.45) is 2.00. The van der Waals surface area contributed by atoms with Gasteiger partial charge in [0.25, 0.3) is 0 Å². The van der Waals surface area contributed by atoms with Crippen LogP contribution in [0.4, 0.5) is 0 Å². The van der Waals surface area contributed by atoms with E-state index in [2.05, 4.69) is 39.6 Å². The third-order valence-electron chi connectivity index (χ3n) is 2.93. The first-order chi connectivity index (χ1) is 9.65. The zero-order valence-corrected chi connectivity index (χ0v) is 12.7. The molecule has 2 rings (SSSR count). The molecule has 0 radical (unpaired) electrons. The second-order valence-corrected chi connectivity index (χ2v) is 5.73. The fourth-order valence-corrected chi connectivity index (χ4v) is 2.52. The lowest BCUT2D eigenvalue weighted by molar-refractivity contribution is 0.608. The third kappa shape index (κ3) is 4.35. The molecule has 0 saturated carbocycles. The molecule has 0 aliphatic carbocycles. The Balaban J connectivity index is 1.88. The fraction of sp³-hybridized carbons (Fsp3) is 0.333. The first-order valence-corrected chi connectivity index (χ1v) is 7.47. The second kappa shape index (κ2) is 7.05. The van der Waals surface area contributed by atoms with Crippen molar-refractivity contribution < 1.29 is 0 Å². The summed E-state index contributed by atoms with van der Waals surface area (Å²) in [6.45, 7) is 0.547. The van der Waals surface area contributed by atoms with Crippen molar-refractivity contribution in [3.8, 4) is 0 Å². The molecule has 5 heteroatoms. The molecular formula is C15H20N4S. The van der Waals surface area contributed by atoms with Crippen molar-refractivity contribution in [1.29, 1.82) is 0 Å². The van der Waals surface area contributed by atoms with E-state index in [-0.39, 0.29) is 0 Å². The molecule has 0 unspecified atom stereocenters. The number of hydrogen-bond acceptors (Lipinski definition) is 3. The molecule has 1 aromatic heterocycles. The normalized spacial score (nSPS) is 11.6. The molecule has 2 aromatic rings. The molecule has 1 aromatic carbocycles. The molecule has 0 bridgehead atoms. The number of thiazole rings is 1. The highest BCUT2D eigenvalue weighted by Crippen LogP contribution is 2.13. The maximum atomic E-state index is 5.76. The number of benzene rings is 1. The number of hydrogen-bond donors (Lipinski definition) is 1. The summed E-state index contributed by atoms with van der Waals surface area (Å²) in [4.78, 5) is 10.7. The van der Waals surface area contributed by atoms with Gasteiger partial charge in [0.2, 0.25) is 0 Å². The summed E-state index contributed by atoms with van der Waals surface area (Å²) in [5.74, 6) is 0.531. The van der Waals surface area contributed by atoms with Gasteiger partial charge in [-0.15, -0.1) is 11.3 Å². The lowest BCUT2D eigenvalue weighted by Crippen LogP contribution is -2.30. The van der Waals surface area contributed by atoms with Gasteiger partial charge in [0.15, 0.2) is 5.96 Å². The van der Waals surface area contributed by atoms with Gasteiger partial charge in [-0.3, -0.25) is 0 Å². The largest absolute Gasteiger partial charge is 0.370 e. The Morgan fingerprint density at radius 3 is 2.70 bits per heavy atom. The Bertz CT molecular complexity index is 560. The molecule has 0 fully saturated rings. The molecule has 1 heterocycles. The third-order valence-corrected chi connectivity index (χ3v) is 3.89. The van der Waals surface area contributed by atoms with Gasteiger partial charge in [-0.25, -0.2) is 9.98 Å². The Hall–Kier alpha value is -1.88. The van der Waals surface area contributed by atoms with Crippen LogP contribution in [0, 0.1) is 0 Å².